The van der Waals surface area contributed by atoms with Crippen LogP contribution in [0.5, 0.6) is 0 Å². The van der Waals surface area contributed by atoms with Crippen LogP contribution in [0.2, 0.25) is 0 Å². The number of rotatable bonds is 18. The second kappa shape index (κ2) is 19.8. The van der Waals surface area contributed by atoms with Crippen molar-refractivity contribution in [3.05, 3.63) is 24.3 Å². The standard InChI is InChI=1S/C24H47N/c1-5-7-9-10-11-12-13-14-15-16-17-18-19-21-23-24(25(3)4)22-20-8-6-2/h10-11,13-14,24H,5-9,12,15-23H2,1-4H3. The lowest BCUT2D eigenvalue weighted by atomic mass is 10.00. The highest BCUT2D eigenvalue weighted by atomic mass is 15.1. The third kappa shape index (κ3) is 18.0. The van der Waals surface area contributed by atoms with Crippen molar-refractivity contribution in [3.8, 4) is 0 Å². The molecule has 1 heteroatoms. The first kappa shape index (κ1) is 24.4. The van der Waals surface area contributed by atoms with Gasteiger partial charge < -0.3 is 4.90 Å². The largest absolute Gasteiger partial charge is 0.306 e. The molecule has 1 unspecified atom stereocenters. The first-order valence-corrected chi connectivity index (χ1v) is 11.2. The average Bonchev–Trinajstić information content (AvgIpc) is 2.60. The molecule has 0 aliphatic carbocycles. The van der Waals surface area contributed by atoms with Gasteiger partial charge in [-0.25, -0.2) is 0 Å². The fraction of sp³-hybridized carbons (Fsp3) is 0.833. The Balaban J connectivity index is 3.45. The van der Waals surface area contributed by atoms with Gasteiger partial charge in [-0.1, -0.05) is 95.9 Å². The molecular formula is C24H47N. The van der Waals surface area contributed by atoms with Gasteiger partial charge in [-0.05, 0) is 52.6 Å². The van der Waals surface area contributed by atoms with Crippen molar-refractivity contribution in [3.63, 3.8) is 0 Å². The van der Waals surface area contributed by atoms with Gasteiger partial charge in [0.2, 0.25) is 0 Å². The van der Waals surface area contributed by atoms with Crippen molar-refractivity contribution in [1.29, 1.82) is 0 Å². The van der Waals surface area contributed by atoms with Gasteiger partial charge in [0.1, 0.15) is 0 Å². The summed E-state index contributed by atoms with van der Waals surface area (Å²) >= 11 is 0. The molecule has 0 saturated carbocycles. The van der Waals surface area contributed by atoms with Gasteiger partial charge in [-0.2, -0.15) is 0 Å². The second-order valence-electron chi connectivity index (χ2n) is 7.78. The molecule has 0 aliphatic rings. The molecule has 0 spiro atoms. The molecule has 0 amide bonds. The van der Waals surface area contributed by atoms with Crippen molar-refractivity contribution >= 4 is 0 Å². The predicted molar refractivity (Wildman–Crippen MR) is 116 cm³/mol. The predicted octanol–water partition coefficient (Wildman–Crippen LogP) is 7.92. The summed E-state index contributed by atoms with van der Waals surface area (Å²) in [7, 11) is 4.50. The molecule has 1 nitrogen and oxygen atoms in total. The Hall–Kier alpha value is -0.560. The van der Waals surface area contributed by atoms with Crippen LogP contribution in [-0.4, -0.2) is 25.0 Å². The van der Waals surface area contributed by atoms with E-state index in [2.05, 4.69) is 57.1 Å². The lowest BCUT2D eigenvalue weighted by Gasteiger charge is -2.24. The van der Waals surface area contributed by atoms with Gasteiger partial charge in [0.25, 0.3) is 0 Å². The van der Waals surface area contributed by atoms with E-state index in [1.165, 1.54) is 89.9 Å². The van der Waals surface area contributed by atoms with Crippen LogP contribution in [0.4, 0.5) is 0 Å². The minimum atomic E-state index is 0.805. The minimum absolute atomic E-state index is 0.805. The van der Waals surface area contributed by atoms with Crippen molar-refractivity contribution < 1.29 is 0 Å². The molecule has 0 aliphatic heterocycles. The Morgan fingerprint density at radius 2 is 1.12 bits per heavy atom. The topological polar surface area (TPSA) is 3.24 Å². The molecule has 0 N–H and O–H groups in total. The van der Waals surface area contributed by atoms with Crippen LogP contribution in [-0.2, 0) is 0 Å². The number of hydrogen-bond donors (Lipinski definition) is 0. The third-order valence-corrected chi connectivity index (χ3v) is 5.11. The summed E-state index contributed by atoms with van der Waals surface area (Å²) in [5.74, 6) is 0. The molecule has 0 radical (unpaired) electrons. The van der Waals surface area contributed by atoms with Gasteiger partial charge in [-0.3, -0.25) is 0 Å². The fourth-order valence-corrected chi connectivity index (χ4v) is 3.29. The molecule has 0 heterocycles. The van der Waals surface area contributed by atoms with Crippen molar-refractivity contribution in [2.75, 3.05) is 14.1 Å². The van der Waals surface area contributed by atoms with E-state index >= 15 is 0 Å². The molecule has 0 rings (SSSR count). The molecule has 0 aromatic carbocycles. The second-order valence-corrected chi connectivity index (χ2v) is 7.78. The molecule has 0 fully saturated rings. The molecule has 25 heavy (non-hydrogen) atoms. The maximum atomic E-state index is 2.44. The SMILES string of the molecule is CCCCC=CCC=CCCCCCCCC(CCCCC)N(C)C. The summed E-state index contributed by atoms with van der Waals surface area (Å²) in [6.45, 7) is 4.55. The van der Waals surface area contributed by atoms with Crippen molar-refractivity contribution in [2.45, 2.75) is 116 Å². The number of unbranched alkanes of at least 4 members (excludes halogenated alkanes) is 9. The van der Waals surface area contributed by atoms with Gasteiger partial charge >= 0.3 is 0 Å². The van der Waals surface area contributed by atoms with E-state index in [4.69, 9.17) is 0 Å². The first-order chi connectivity index (χ1) is 12.2. The van der Waals surface area contributed by atoms with E-state index in [-0.39, 0.29) is 0 Å². The summed E-state index contributed by atoms with van der Waals surface area (Å²) in [6.07, 6.45) is 29.5. The van der Waals surface area contributed by atoms with Crippen molar-refractivity contribution in [2.24, 2.45) is 0 Å². The van der Waals surface area contributed by atoms with E-state index in [1.807, 2.05) is 0 Å². The zero-order valence-electron chi connectivity index (χ0n) is 17.9. The highest BCUT2D eigenvalue weighted by Crippen LogP contribution is 2.16. The van der Waals surface area contributed by atoms with Crippen LogP contribution in [0.25, 0.3) is 0 Å². The molecule has 0 bridgehead atoms. The number of allylic oxidation sites excluding steroid dienone is 4. The highest BCUT2D eigenvalue weighted by molar-refractivity contribution is 4.92. The van der Waals surface area contributed by atoms with Crippen LogP contribution in [0.1, 0.15) is 110 Å². The lowest BCUT2D eigenvalue weighted by molar-refractivity contribution is 0.252. The van der Waals surface area contributed by atoms with E-state index in [0.29, 0.717) is 0 Å². The van der Waals surface area contributed by atoms with E-state index in [1.54, 1.807) is 0 Å². The average molecular weight is 350 g/mol. The first-order valence-electron chi connectivity index (χ1n) is 11.2. The number of hydrogen-bond acceptors (Lipinski definition) is 1. The summed E-state index contributed by atoms with van der Waals surface area (Å²) in [5.41, 5.74) is 0. The Kier molecular flexibility index (Phi) is 19.3. The summed E-state index contributed by atoms with van der Waals surface area (Å²) in [6, 6.07) is 0.805. The van der Waals surface area contributed by atoms with Gasteiger partial charge in [0.05, 0.1) is 0 Å². The zero-order valence-corrected chi connectivity index (χ0v) is 17.9. The lowest BCUT2D eigenvalue weighted by Crippen LogP contribution is -2.27. The van der Waals surface area contributed by atoms with Crippen molar-refractivity contribution in [1.82, 2.24) is 4.90 Å². The van der Waals surface area contributed by atoms with Crippen LogP contribution in [0.15, 0.2) is 24.3 Å². The maximum Gasteiger partial charge on any atom is 0.00891 e. The Morgan fingerprint density at radius 3 is 1.72 bits per heavy atom. The summed E-state index contributed by atoms with van der Waals surface area (Å²) in [5, 5.41) is 0. The van der Waals surface area contributed by atoms with Crippen LogP contribution in [0, 0.1) is 0 Å². The molecule has 0 aromatic rings. The third-order valence-electron chi connectivity index (χ3n) is 5.11. The zero-order chi connectivity index (χ0) is 18.6. The molecule has 0 aromatic heterocycles. The summed E-state index contributed by atoms with van der Waals surface area (Å²) < 4.78 is 0. The maximum absolute atomic E-state index is 2.44. The van der Waals surface area contributed by atoms with Crippen LogP contribution >= 0.6 is 0 Å². The highest BCUT2D eigenvalue weighted by Gasteiger charge is 2.10. The number of nitrogens with zero attached hydrogens (tertiary/aromatic N) is 1. The Labute approximate surface area is 160 Å². The van der Waals surface area contributed by atoms with E-state index < -0.39 is 0 Å². The van der Waals surface area contributed by atoms with Crippen LogP contribution in [0.3, 0.4) is 0 Å². The van der Waals surface area contributed by atoms with Gasteiger partial charge in [-0.15, -0.1) is 0 Å². The minimum Gasteiger partial charge on any atom is -0.306 e. The quantitative estimate of drug-likeness (QED) is 0.179. The van der Waals surface area contributed by atoms with Gasteiger partial charge in [0.15, 0.2) is 0 Å². The smallest absolute Gasteiger partial charge is 0.00891 e. The molecule has 148 valence electrons. The molecule has 0 saturated heterocycles. The molecule has 1 atom stereocenters. The van der Waals surface area contributed by atoms with E-state index in [9.17, 15) is 0 Å². The normalized spacial score (nSPS) is 13.5. The van der Waals surface area contributed by atoms with E-state index in [0.717, 1.165) is 12.5 Å². The van der Waals surface area contributed by atoms with Crippen LogP contribution < -0.4 is 0 Å². The molecular weight excluding hydrogens is 302 g/mol. The fourth-order valence-electron chi connectivity index (χ4n) is 3.29. The summed E-state index contributed by atoms with van der Waals surface area (Å²) in [4.78, 5) is 2.44. The monoisotopic (exact) mass is 349 g/mol. The Morgan fingerprint density at radius 1 is 0.600 bits per heavy atom. The Bertz CT molecular complexity index is 303. The van der Waals surface area contributed by atoms with Gasteiger partial charge in [0, 0.05) is 6.04 Å².